The lowest BCUT2D eigenvalue weighted by atomic mass is 10.1. The minimum absolute atomic E-state index is 0.0566. The first-order valence-electron chi connectivity index (χ1n) is 8.70. The maximum atomic E-state index is 13.7. The van der Waals surface area contributed by atoms with E-state index in [1.165, 1.54) is 31.3 Å². The second kappa shape index (κ2) is 8.26. The highest BCUT2D eigenvalue weighted by Crippen LogP contribution is 2.34. The maximum Gasteiger partial charge on any atom is 0.434 e. The van der Waals surface area contributed by atoms with Crippen molar-refractivity contribution in [1.29, 1.82) is 0 Å². The molecule has 3 rings (SSSR count). The average Bonchev–Trinajstić information content (AvgIpc) is 3.13. The number of hydrogen-bond donors (Lipinski definition) is 0. The number of halogens is 7. The summed E-state index contributed by atoms with van der Waals surface area (Å²) >= 11 is 5.76. The van der Waals surface area contributed by atoms with E-state index in [9.17, 15) is 31.1 Å². The van der Waals surface area contributed by atoms with Crippen LogP contribution >= 0.6 is 11.6 Å². The summed E-state index contributed by atoms with van der Waals surface area (Å²) in [5.74, 6) is -0.979. The van der Waals surface area contributed by atoms with Gasteiger partial charge in [0.1, 0.15) is 0 Å². The van der Waals surface area contributed by atoms with E-state index in [4.69, 9.17) is 11.6 Å². The lowest BCUT2D eigenvalue weighted by molar-refractivity contribution is -0.143. The fourth-order valence-electron chi connectivity index (χ4n) is 2.91. The Kier molecular flexibility index (Phi) is 6.04. The zero-order valence-corrected chi connectivity index (χ0v) is 16.6. The molecule has 4 nitrogen and oxygen atoms in total. The third-order valence-corrected chi connectivity index (χ3v) is 4.64. The number of hydrogen-bond acceptors (Lipinski definition) is 2. The Bertz CT molecular complexity index is 1070. The van der Waals surface area contributed by atoms with Gasteiger partial charge >= 0.3 is 12.4 Å². The van der Waals surface area contributed by atoms with Crippen LogP contribution in [0.1, 0.15) is 27.2 Å². The fourth-order valence-corrected chi connectivity index (χ4v) is 3.03. The third kappa shape index (κ3) is 5.01. The highest BCUT2D eigenvalue weighted by Gasteiger charge is 2.41. The lowest BCUT2D eigenvalue weighted by Gasteiger charge is -2.19. The summed E-state index contributed by atoms with van der Waals surface area (Å²) in [5.41, 5.74) is -2.44. The van der Waals surface area contributed by atoms with Crippen LogP contribution in [-0.4, -0.2) is 27.6 Å². The summed E-state index contributed by atoms with van der Waals surface area (Å²) in [6, 6.07) is 9.42. The number of carbonyl (C=O) groups excluding carboxylic acids is 1. The van der Waals surface area contributed by atoms with Gasteiger partial charge in [-0.1, -0.05) is 23.7 Å². The first-order chi connectivity index (χ1) is 14.4. The zero-order valence-electron chi connectivity index (χ0n) is 15.8. The van der Waals surface area contributed by atoms with Crippen molar-refractivity contribution in [2.45, 2.75) is 18.9 Å². The molecule has 0 spiro atoms. The van der Waals surface area contributed by atoms with Crippen LogP contribution in [0.5, 0.6) is 0 Å². The van der Waals surface area contributed by atoms with E-state index < -0.39 is 35.1 Å². The molecule has 0 aliphatic carbocycles. The van der Waals surface area contributed by atoms with Gasteiger partial charge in [-0.2, -0.15) is 31.4 Å². The molecule has 0 bridgehead atoms. The van der Waals surface area contributed by atoms with Crippen molar-refractivity contribution in [3.8, 4) is 5.69 Å². The number of aromatic nitrogens is 2. The number of carbonyl (C=O) groups is 1. The second-order valence-corrected chi connectivity index (χ2v) is 7.09. The molecular formula is C20H14ClF6N3O. The number of alkyl halides is 6. The van der Waals surface area contributed by atoms with E-state index in [0.717, 1.165) is 35.4 Å². The van der Waals surface area contributed by atoms with E-state index in [1.807, 2.05) is 0 Å². The van der Waals surface area contributed by atoms with Gasteiger partial charge in [0, 0.05) is 18.6 Å². The van der Waals surface area contributed by atoms with E-state index in [-0.39, 0.29) is 12.2 Å². The monoisotopic (exact) mass is 461 g/mol. The molecule has 1 amide bonds. The molecule has 0 atom stereocenters. The molecule has 11 heteroatoms. The predicted octanol–water partition coefficient (Wildman–Crippen LogP) is 5.84. The van der Waals surface area contributed by atoms with Gasteiger partial charge in [0.15, 0.2) is 5.69 Å². The van der Waals surface area contributed by atoms with Crippen LogP contribution in [-0.2, 0) is 18.9 Å². The molecule has 0 aliphatic rings. The fraction of sp³-hybridized carbons (Fsp3) is 0.200. The molecule has 0 radical (unpaired) electrons. The highest BCUT2D eigenvalue weighted by atomic mass is 35.5. The van der Waals surface area contributed by atoms with Crippen LogP contribution in [0.4, 0.5) is 26.3 Å². The molecular weight excluding hydrogens is 448 g/mol. The van der Waals surface area contributed by atoms with E-state index in [1.54, 1.807) is 0 Å². The summed E-state index contributed by atoms with van der Waals surface area (Å²) in [6.45, 7) is -0.194. The third-order valence-electron chi connectivity index (χ3n) is 4.39. The predicted molar refractivity (Wildman–Crippen MR) is 101 cm³/mol. The Labute approximate surface area is 177 Å². The van der Waals surface area contributed by atoms with Gasteiger partial charge in [-0.25, -0.2) is 4.68 Å². The van der Waals surface area contributed by atoms with Gasteiger partial charge in [-0.05, 0) is 42.0 Å². The van der Waals surface area contributed by atoms with Crippen molar-refractivity contribution in [2.24, 2.45) is 0 Å². The van der Waals surface area contributed by atoms with E-state index in [0.29, 0.717) is 15.3 Å². The summed E-state index contributed by atoms with van der Waals surface area (Å²) in [4.78, 5) is 13.7. The molecule has 0 N–H and O–H groups in total. The minimum Gasteiger partial charge on any atom is -0.337 e. The Hall–Kier alpha value is -3.01. The van der Waals surface area contributed by atoms with Crippen LogP contribution in [0.15, 0.2) is 54.7 Å². The number of benzene rings is 2. The van der Waals surface area contributed by atoms with Crippen molar-refractivity contribution in [3.05, 3.63) is 82.1 Å². The molecule has 0 fully saturated rings. The Morgan fingerprint density at radius 1 is 0.968 bits per heavy atom. The molecule has 164 valence electrons. The largest absolute Gasteiger partial charge is 0.434 e. The molecule has 0 unspecified atom stereocenters. The summed E-state index contributed by atoms with van der Waals surface area (Å²) in [6.07, 6.45) is -8.60. The molecule has 31 heavy (non-hydrogen) atoms. The van der Waals surface area contributed by atoms with Crippen molar-refractivity contribution >= 4 is 17.5 Å². The number of amides is 1. The standard InChI is InChI=1S/C20H14ClF6N3O/c1-29(11-12-2-4-13(5-3-12)19(22,23)24)18(31)16-10-28-30(17(16)20(25,26)27)15-8-6-14(21)7-9-15/h2-10H,11H2,1H3. The van der Waals surface area contributed by atoms with Crippen molar-refractivity contribution in [1.82, 2.24) is 14.7 Å². The van der Waals surface area contributed by atoms with Crippen molar-refractivity contribution in [3.63, 3.8) is 0 Å². The summed E-state index contributed by atoms with van der Waals surface area (Å²) in [7, 11) is 1.25. The van der Waals surface area contributed by atoms with E-state index >= 15 is 0 Å². The topological polar surface area (TPSA) is 38.1 Å². The van der Waals surface area contributed by atoms with Gasteiger partial charge in [0.25, 0.3) is 5.91 Å². The maximum absolute atomic E-state index is 13.7. The first kappa shape index (κ1) is 22.7. The van der Waals surface area contributed by atoms with Gasteiger partial charge in [-0.15, -0.1) is 0 Å². The van der Waals surface area contributed by atoms with Gasteiger partial charge < -0.3 is 4.90 Å². The number of nitrogens with zero attached hydrogens (tertiary/aromatic N) is 3. The highest BCUT2D eigenvalue weighted by molar-refractivity contribution is 6.30. The molecule has 2 aromatic carbocycles. The summed E-state index contributed by atoms with van der Waals surface area (Å²) < 4.78 is 79.8. The van der Waals surface area contributed by atoms with Gasteiger partial charge in [0.05, 0.1) is 23.0 Å². The van der Waals surface area contributed by atoms with Crippen molar-refractivity contribution < 1.29 is 31.1 Å². The second-order valence-electron chi connectivity index (χ2n) is 6.65. The Morgan fingerprint density at radius 2 is 1.55 bits per heavy atom. The minimum atomic E-state index is -4.89. The van der Waals surface area contributed by atoms with Crippen LogP contribution in [0.25, 0.3) is 5.69 Å². The van der Waals surface area contributed by atoms with Gasteiger partial charge in [-0.3, -0.25) is 4.79 Å². The van der Waals surface area contributed by atoms with Crippen molar-refractivity contribution in [2.75, 3.05) is 7.05 Å². The molecule has 0 saturated carbocycles. The van der Waals surface area contributed by atoms with Crippen LogP contribution < -0.4 is 0 Å². The molecule has 0 aliphatic heterocycles. The first-order valence-corrected chi connectivity index (χ1v) is 9.08. The lowest BCUT2D eigenvalue weighted by Crippen LogP contribution is -2.28. The molecule has 0 saturated heterocycles. The Balaban J connectivity index is 1.89. The molecule has 3 aromatic rings. The smallest absolute Gasteiger partial charge is 0.337 e. The average molecular weight is 462 g/mol. The van der Waals surface area contributed by atoms with E-state index in [2.05, 4.69) is 5.10 Å². The molecule has 1 heterocycles. The zero-order chi connectivity index (χ0) is 23.0. The normalized spacial score (nSPS) is 12.1. The Morgan fingerprint density at radius 3 is 2.06 bits per heavy atom. The summed E-state index contributed by atoms with van der Waals surface area (Å²) in [5, 5.41) is 4.03. The van der Waals surface area contributed by atoms with Crippen LogP contribution in [0, 0.1) is 0 Å². The quantitative estimate of drug-likeness (QED) is 0.458. The SMILES string of the molecule is CN(Cc1ccc(C(F)(F)F)cc1)C(=O)c1cnn(-c2ccc(Cl)cc2)c1C(F)(F)F. The van der Waals surface area contributed by atoms with Crippen LogP contribution in [0.2, 0.25) is 5.02 Å². The number of rotatable bonds is 4. The molecule has 1 aromatic heterocycles. The van der Waals surface area contributed by atoms with Crippen LogP contribution in [0.3, 0.4) is 0 Å². The van der Waals surface area contributed by atoms with Gasteiger partial charge in [0.2, 0.25) is 0 Å².